The maximum atomic E-state index is 12.1. The molecule has 1 unspecified atom stereocenters. The number of carbonyl (C=O) groups excluding carboxylic acids is 7. The van der Waals surface area contributed by atoms with Crippen LogP contribution >= 0.6 is 7.60 Å². The van der Waals surface area contributed by atoms with E-state index in [9.17, 15) is 38.1 Å². The van der Waals surface area contributed by atoms with Crippen LogP contribution in [0.2, 0.25) is 0 Å². The van der Waals surface area contributed by atoms with Crippen LogP contribution in [0.5, 0.6) is 0 Å². The number of aldehydes is 1. The first-order valence-electron chi connectivity index (χ1n) is 24.5. The van der Waals surface area contributed by atoms with Gasteiger partial charge in [0.1, 0.15) is 18.2 Å². The topological polar surface area (TPSA) is 273 Å². The van der Waals surface area contributed by atoms with Gasteiger partial charge in [-0.3, -0.25) is 38.1 Å². The minimum Gasteiger partial charge on any atom is -1.00 e. The van der Waals surface area contributed by atoms with Crippen molar-refractivity contribution in [3.63, 3.8) is 0 Å². The number of aliphatic carboxylic acids is 1. The summed E-state index contributed by atoms with van der Waals surface area (Å²) in [5.74, 6) is -0.873. The summed E-state index contributed by atoms with van der Waals surface area (Å²) >= 11 is 0. The fraction of sp³-hybridized carbons (Fsp3) is 0.765. The molecule has 4 rings (SSSR count). The number of hydrogen-bond acceptors (Lipinski definition) is 17. The van der Waals surface area contributed by atoms with E-state index >= 15 is 0 Å². The van der Waals surface area contributed by atoms with Crippen molar-refractivity contribution in [2.45, 2.75) is 177 Å². The summed E-state index contributed by atoms with van der Waals surface area (Å²) in [7, 11) is -0.652. The normalized spacial score (nSPS) is 17.4. The van der Waals surface area contributed by atoms with Crippen molar-refractivity contribution in [1.29, 1.82) is 0 Å². The van der Waals surface area contributed by atoms with Crippen molar-refractivity contribution in [3.05, 3.63) is 24.3 Å². The zero-order chi connectivity index (χ0) is 52.5. The van der Waals surface area contributed by atoms with E-state index in [1.165, 1.54) is 78.4 Å². The third-order valence-corrected chi connectivity index (χ3v) is 13.6. The Morgan fingerprint density at radius 1 is 0.667 bits per heavy atom. The molecule has 1 saturated heterocycles. The minimum atomic E-state index is -3.33. The Labute approximate surface area is 517 Å². The molecular weight excluding hydrogens is 1010 g/mol. The van der Waals surface area contributed by atoms with Gasteiger partial charge < -0.3 is 49.8 Å². The zero-order valence-corrected chi connectivity index (χ0v) is 51.5. The van der Waals surface area contributed by atoms with Crippen molar-refractivity contribution >= 4 is 55.6 Å². The first-order valence-corrected chi connectivity index (χ1v) is 26.3. The number of carbonyl (C=O) groups is 8. The Balaban J connectivity index is -0.000000194. The predicted octanol–water partition coefficient (Wildman–Crippen LogP) is 2.79. The Kier molecular flexibility index (Phi) is 58.4. The maximum Gasteiger partial charge on any atom is 1.00 e. The van der Waals surface area contributed by atoms with E-state index in [0.29, 0.717) is 49.9 Å². The van der Waals surface area contributed by atoms with Crippen molar-refractivity contribution in [2.24, 2.45) is 35.5 Å². The molecule has 0 radical (unpaired) electrons. The van der Waals surface area contributed by atoms with Crippen molar-refractivity contribution < 1.29 is 191 Å². The Bertz CT molecular complexity index is 1550. The third-order valence-electron chi connectivity index (χ3n) is 11.6. The molecule has 4 aliphatic rings. The number of methoxy groups -OCH3 is 2. The van der Waals surface area contributed by atoms with Crippen molar-refractivity contribution in [1.82, 2.24) is 0 Å². The van der Waals surface area contributed by atoms with Crippen molar-refractivity contribution in [3.8, 4) is 0 Å². The van der Waals surface area contributed by atoms with Crippen LogP contribution in [0.4, 0.5) is 0 Å². The van der Waals surface area contributed by atoms with E-state index in [0.717, 1.165) is 38.6 Å². The van der Waals surface area contributed by atoms with Crippen LogP contribution in [0.1, 0.15) is 172 Å². The number of ether oxygens (including phenoxy) is 3. The fourth-order valence-corrected chi connectivity index (χ4v) is 8.91. The van der Waals surface area contributed by atoms with Crippen LogP contribution in [0.25, 0.3) is 0 Å². The van der Waals surface area contributed by atoms with E-state index < -0.39 is 25.8 Å². The summed E-state index contributed by atoms with van der Waals surface area (Å²) in [5, 5.41) is 25.6. The van der Waals surface area contributed by atoms with Gasteiger partial charge in [-0.05, 0) is 102 Å². The third kappa shape index (κ3) is 45.5. The summed E-state index contributed by atoms with van der Waals surface area (Å²) in [6.45, 7) is 9.50. The second-order valence-electron chi connectivity index (χ2n) is 17.4. The summed E-state index contributed by atoms with van der Waals surface area (Å²) in [6.07, 6.45) is 26.6. The summed E-state index contributed by atoms with van der Waals surface area (Å²) in [4.78, 5) is 88.9. The molecule has 72 heavy (non-hydrogen) atoms. The van der Waals surface area contributed by atoms with Crippen LogP contribution in [-0.4, -0.2) is 105 Å². The second-order valence-corrected chi connectivity index (χ2v) is 19.5. The molecule has 4 atom stereocenters. The van der Waals surface area contributed by atoms with Gasteiger partial charge in [-0.2, -0.15) is 0 Å². The van der Waals surface area contributed by atoms with Crippen LogP contribution in [-0.2, 0) is 71.1 Å². The molecule has 0 aromatic rings. The van der Waals surface area contributed by atoms with Gasteiger partial charge in [0.2, 0.25) is 0 Å². The monoisotopic (exact) mass is 1100 g/mol. The summed E-state index contributed by atoms with van der Waals surface area (Å²) < 4.78 is 36.1. The van der Waals surface area contributed by atoms with Gasteiger partial charge in [-0.25, -0.2) is 0 Å². The number of carboxylic acid groups (broad SMARTS) is 1. The van der Waals surface area contributed by atoms with E-state index in [1.54, 1.807) is 46.8 Å². The zero-order valence-electron chi connectivity index (χ0n) is 45.3. The van der Waals surface area contributed by atoms with Crippen LogP contribution in [0.3, 0.4) is 0 Å². The molecule has 0 amide bonds. The second kappa shape index (κ2) is 52.4. The van der Waals surface area contributed by atoms with Crippen LogP contribution < -0.4 is 108 Å². The number of carboxylic acids is 1. The molecule has 0 aromatic heterocycles. The van der Waals surface area contributed by atoms with E-state index in [1.807, 2.05) is 12.2 Å². The maximum absolute atomic E-state index is 12.1. The van der Waals surface area contributed by atoms with Gasteiger partial charge in [0.15, 0.2) is 17.9 Å². The van der Waals surface area contributed by atoms with E-state index in [-0.39, 0.29) is 185 Å². The average Bonchev–Trinajstić information content (AvgIpc) is 4.21. The van der Waals surface area contributed by atoms with Crippen LogP contribution in [0.15, 0.2) is 24.3 Å². The minimum absolute atomic E-state index is 0. The molecule has 18 nitrogen and oxygen atoms in total. The Hall–Kier alpha value is -0.657. The standard InChI is InChI=1S/C14H22O3.C13H20O3.C12H23O6P.C6H10O.C4H8O2.CH2O3.CH4.2K.H/c1-11(14(16)17-2)7-9-13(15)10-8-12-5-3-4-6-12;1-10(13(15)16)6-8-12(14)9-7-11-4-2-3-5-11;1-5-17-19(15,18-6-2)9-11(13)8-7-10(3)12(14)16-4;7-5-6-3-1-2-4-6;5-4-2-1-3-6-4;2-1-4-3;;;;/h8,10-12H,3-7,9H2,1-2H3;7,9-11H,2-6,8H2,1H3,(H,15,16);10H,5-9H2,1-4H3;5-6H,1-4H2;4-5H,1-3H2;1,3H;1H4;;;/q;;;;;;;2*+1;-1/p-1/b10-8+;9-7+;;;;;;;;/t11-;2*10-;;;;;;;/m000......./s1. The number of esters is 2. The van der Waals surface area contributed by atoms with E-state index in [4.69, 9.17) is 34.0 Å². The van der Waals surface area contributed by atoms with Gasteiger partial charge in [0.25, 0.3) is 6.47 Å². The SMILES string of the molecule is C.CCOP(=O)(CC(=O)CC[C@H](C)C(=O)OC)OCC.COC(=O)[C@@H](C)CCC(=O)/C=C/C1CCCC1.C[C@@H](CCC(=O)/C=C/C1CCCC1)C(=O)O.O=CC1CCCC1.O=CO[O-].OC1CCCO1.[H-].[K+].[K+]. The van der Waals surface area contributed by atoms with Gasteiger partial charge in [0, 0.05) is 38.2 Å². The quantitative estimate of drug-likeness (QED) is 0.0267. The van der Waals surface area contributed by atoms with Crippen LogP contribution in [0, 0.1) is 35.5 Å². The molecule has 0 bridgehead atoms. The van der Waals surface area contributed by atoms with Gasteiger partial charge >= 0.3 is 128 Å². The number of rotatable bonds is 24. The number of ketones is 3. The molecule has 21 heteroatoms. The number of aliphatic hydroxyl groups is 1. The first kappa shape index (κ1) is 80.2. The smallest absolute Gasteiger partial charge is 1.00 e. The fourth-order valence-electron chi connectivity index (χ4n) is 7.28. The molecule has 4 fully saturated rings. The molecule has 408 valence electrons. The van der Waals surface area contributed by atoms with E-state index in [2.05, 4.69) is 14.4 Å². The Morgan fingerprint density at radius 2 is 1.04 bits per heavy atom. The number of allylic oxidation sites excluding steroid dienone is 4. The molecule has 0 spiro atoms. The molecule has 1 aliphatic heterocycles. The molecular formula is C51H89K2O18P. The molecule has 3 aliphatic carbocycles. The van der Waals surface area contributed by atoms with Gasteiger partial charge in [-0.15, -0.1) is 0 Å². The molecule has 3 saturated carbocycles. The number of hydrogen-bond donors (Lipinski definition) is 2. The molecule has 0 aromatic carbocycles. The van der Waals surface area contributed by atoms with Gasteiger partial charge in [0.05, 0.1) is 45.2 Å². The summed E-state index contributed by atoms with van der Waals surface area (Å²) in [6, 6.07) is 0. The largest absolute Gasteiger partial charge is 1.00 e. The summed E-state index contributed by atoms with van der Waals surface area (Å²) in [5.41, 5.74) is 0. The number of aliphatic hydroxyl groups excluding tert-OH is 1. The average molecular weight is 1100 g/mol. The Morgan fingerprint density at radius 3 is 1.32 bits per heavy atom. The predicted molar refractivity (Wildman–Crippen MR) is 264 cm³/mol. The first-order chi connectivity index (χ1) is 32.8. The number of Topliss-reactive ketones (excluding diaryl/α,β-unsaturated/α-hetero) is 1. The van der Waals surface area contributed by atoms with Gasteiger partial charge in [-0.1, -0.05) is 78.9 Å². The van der Waals surface area contributed by atoms with Crippen molar-refractivity contribution in [2.75, 3.05) is 40.2 Å². The molecule has 2 N–H and O–H groups in total. The molecule has 1 heterocycles.